The maximum atomic E-state index is 11.7. The highest BCUT2D eigenvalue weighted by Gasteiger charge is 2.20. The van der Waals surface area contributed by atoms with Crippen LogP contribution in [0.25, 0.3) is 6.08 Å². The fourth-order valence-corrected chi connectivity index (χ4v) is 1.94. The SMILES string of the molecule is CC(C)C(OC(=O)/C=C/c1ccccc1)C(C)C. The molecule has 0 spiro atoms. The van der Waals surface area contributed by atoms with E-state index >= 15 is 0 Å². The van der Waals surface area contributed by atoms with Crippen LogP contribution >= 0.6 is 0 Å². The van der Waals surface area contributed by atoms with E-state index in [1.54, 1.807) is 6.08 Å². The average molecular weight is 246 g/mol. The molecule has 0 aliphatic rings. The van der Waals surface area contributed by atoms with Gasteiger partial charge in [0.05, 0.1) is 0 Å². The normalized spacial score (nSPS) is 11.7. The van der Waals surface area contributed by atoms with Crippen LogP contribution in [0.3, 0.4) is 0 Å². The molecule has 0 radical (unpaired) electrons. The molecule has 98 valence electrons. The Balaban J connectivity index is 2.58. The number of ether oxygens (including phenoxy) is 1. The molecule has 1 aromatic rings. The van der Waals surface area contributed by atoms with Crippen LogP contribution in [0.15, 0.2) is 36.4 Å². The average Bonchev–Trinajstić information content (AvgIpc) is 2.34. The second-order valence-electron chi connectivity index (χ2n) is 5.13. The third-order valence-corrected chi connectivity index (χ3v) is 2.78. The Hall–Kier alpha value is -1.57. The van der Waals surface area contributed by atoms with E-state index in [9.17, 15) is 4.79 Å². The molecule has 18 heavy (non-hydrogen) atoms. The number of esters is 1. The van der Waals surface area contributed by atoms with Crippen molar-refractivity contribution in [2.75, 3.05) is 0 Å². The number of hydrogen-bond donors (Lipinski definition) is 0. The third kappa shape index (κ3) is 4.74. The lowest BCUT2D eigenvalue weighted by molar-refractivity contribution is -0.147. The molecule has 0 unspecified atom stereocenters. The van der Waals surface area contributed by atoms with Crippen LogP contribution in [0.1, 0.15) is 33.3 Å². The van der Waals surface area contributed by atoms with Gasteiger partial charge >= 0.3 is 5.97 Å². The Morgan fingerprint density at radius 2 is 1.61 bits per heavy atom. The summed E-state index contributed by atoms with van der Waals surface area (Å²) >= 11 is 0. The summed E-state index contributed by atoms with van der Waals surface area (Å²) in [5.74, 6) is 0.393. The van der Waals surface area contributed by atoms with Gasteiger partial charge in [0.15, 0.2) is 0 Å². The van der Waals surface area contributed by atoms with Gasteiger partial charge in [-0.25, -0.2) is 4.79 Å². The van der Waals surface area contributed by atoms with Crippen molar-refractivity contribution in [2.45, 2.75) is 33.8 Å². The van der Waals surface area contributed by atoms with E-state index < -0.39 is 0 Å². The zero-order valence-corrected chi connectivity index (χ0v) is 11.6. The molecule has 2 nitrogen and oxygen atoms in total. The third-order valence-electron chi connectivity index (χ3n) is 2.78. The number of hydrogen-bond acceptors (Lipinski definition) is 2. The maximum Gasteiger partial charge on any atom is 0.331 e. The minimum absolute atomic E-state index is 0.0297. The van der Waals surface area contributed by atoms with E-state index in [-0.39, 0.29) is 12.1 Å². The molecule has 0 heterocycles. The van der Waals surface area contributed by atoms with Crippen LogP contribution in [-0.2, 0) is 9.53 Å². The first-order valence-electron chi connectivity index (χ1n) is 6.44. The van der Waals surface area contributed by atoms with Crippen molar-refractivity contribution in [3.8, 4) is 0 Å². The highest BCUT2D eigenvalue weighted by molar-refractivity contribution is 5.87. The smallest absolute Gasteiger partial charge is 0.331 e. The standard InChI is InChI=1S/C16H22O2/c1-12(2)16(13(3)4)18-15(17)11-10-14-8-6-5-7-9-14/h5-13,16H,1-4H3/b11-10+. The molecule has 0 fully saturated rings. The summed E-state index contributed by atoms with van der Waals surface area (Å²) in [6, 6.07) is 9.73. The van der Waals surface area contributed by atoms with Gasteiger partial charge in [0, 0.05) is 6.08 Å². The first-order valence-corrected chi connectivity index (χ1v) is 6.44. The van der Waals surface area contributed by atoms with Gasteiger partial charge in [0.2, 0.25) is 0 Å². The Labute approximate surface area is 110 Å². The van der Waals surface area contributed by atoms with E-state index in [0.29, 0.717) is 11.8 Å². The number of carbonyl (C=O) groups is 1. The highest BCUT2D eigenvalue weighted by Crippen LogP contribution is 2.16. The van der Waals surface area contributed by atoms with E-state index in [2.05, 4.69) is 27.7 Å². The van der Waals surface area contributed by atoms with Crippen molar-refractivity contribution in [2.24, 2.45) is 11.8 Å². The predicted octanol–water partition coefficient (Wildman–Crippen LogP) is 3.92. The molecule has 0 bridgehead atoms. The molecule has 0 saturated carbocycles. The highest BCUT2D eigenvalue weighted by atomic mass is 16.5. The Morgan fingerprint density at radius 3 is 2.11 bits per heavy atom. The second kappa shape index (κ2) is 7.00. The molecule has 0 saturated heterocycles. The fraction of sp³-hybridized carbons (Fsp3) is 0.438. The van der Waals surface area contributed by atoms with Crippen molar-refractivity contribution in [1.82, 2.24) is 0 Å². The van der Waals surface area contributed by atoms with Gasteiger partial charge in [-0.05, 0) is 23.5 Å². The van der Waals surface area contributed by atoms with E-state index in [0.717, 1.165) is 5.56 Å². The molecule has 0 aliphatic carbocycles. The molecular weight excluding hydrogens is 224 g/mol. The summed E-state index contributed by atoms with van der Waals surface area (Å²) in [6.45, 7) is 8.27. The Morgan fingerprint density at radius 1 is 1.06 bits per heavy atom. The molecule has 0 aromatic heterocycles. The van der Waals surface area contributed by atoms with Crippen molar-refractivity contribution in [1.29, 1.82) is 0 Å². The summed E-state index contributed by atoms with van der Waals surface area (Å²) in [5, 5.41) is 0. The zero-order valence-electron chi connectivity index (χ0n) is 11.6. The van der Waals surface area contributed by atoms with E-state index in [4.69, 9.17) is 4.74 Å². The number of carbonyl (C=O) groups excluding carboxylic acids is 1. The summed E-state index contributed by atoms with van der Waals surface area (Å²) < 4.78 is 5.47. The first-order chi connectivity index (χ1) is 8.50. The lowest BCUT2D eigenvalue weighted by Crippen LogP contribution is -2.28. The summed E-state index contributed by atoms with van der Waals surface area (Å²) in [7, 11) is 0. The summed E-state index contributed by atoms with van der Waals surface area (Å²) in [6.07, 6.45) is 3.24. The quantitative estimate of drug-likeness (QED) is 0.581. The van der Waals surface area contributed by atoms with Crippen molar-refractivity contribution >= 4 is 12.0 Å². The largest absolute Gasteiger partial charge is 0.459 e. The molecule has 0 aliphatic heterocycles. The first kappa shape index (κ1) is 14.5. The van der Waals surface area contributed by atoms with Gasteiger partial charge in [-0.1, -0.05) is 58.0 Å². The van der Waals surface area contributed by atoms with Gasteiger partial charge < -0.3 is 4.74 Å². The van der Waals surface area contributed by atoms with Crippen LogP contribution in [0, 0.1) is 11.8 Å². The molecule has 0 atom stereocenters. The Kier molecular flexibility index (Phi) is 5.63. The van der Waals surface area contributed by atoms with Gasteiger partial charge in [0.1, 0.15) is 6.10 Å². The lowest BCUT2D eigenvalue weighted by atomic mass is 9.96. The van der Waals surface area contributed by atoms with Crippen molar-refractivity contribution in [3.63, 3.8) is 0 Å². The fourth-order valence-electron chi connectivity index (χ4n) is 1.94. The summed E-state index contributed by atoms with van der Waals surface area (Å²) in [4.78, 5) is 11.7. The second-order valence-corrected chi connectivity index (χ2v) is 5.13. The molecule has 1 aromatic carbocycles. The predicted molar refractivity (Wildman–Crippen MR) is 75.0 cm³/mol. The zero-order chi connectivity index (χ0) is 13.5. The van der Waals surface area contributed by atoms with Crippen molar-refractivity contribution < 1.29 is 9.53 Å². The Bertz CT molecular complexity index is 383. The monoisotopic (exact) mass is 246 g/mol. The molecule has 2 heteroatoms. The van der Waals surface area contributed by atoms with Crippen LogP contribution in [0.2, 0.25) is 0 Å². The van der Waals surface area contributed by atoms with E-state index in [1.165, 1.54) is 6.08 Å². The van der Waals surface area contributed by atoms with Crippen LogP contribution < -0.4 is 0 Å². The minimum atomic E-state index is -0.272. The lowest BCUT2D eigenvalue weighted by Gasteiger charge is -2.24. The minimum Gasteiger partial charge on any atom is -0.459 e. The molecule has 1 rings (SSSR count). The number of benzene rings is 1. The van der Waals surface area contributed by atoms with E-state index in [1.807, 2.05) is 30.3 Å². The van der Waals surface area contributed by atoms with Crippen LogP contribution in [0.5, 0.6) is 0 Å². The topological polar surface area (TPSA) is 26.3 Å². The van der Waals surface area contributed by atoms with Crippen LogP contribution in [-0.4, -0.2) is 12.1 Å². The van der Waals surface area contributed by atoms with Gasteiger partial charge in [0.25, 0.3) is 0 Å². The van der Waals surface area contributed by atoms with Gasteiger partial charge in [-0.3, -0.25) is 0 Å². The number of rotatable bonds is 5. The molecular formula is C16H22O2. The summed E-state index contributed by atoms with van der Waals surface area (Å²) in [5.41, 5.74) is 1.00. The maximum absolute atomic E-state index is 11.7. The van der Waals surface area contributed by atoms with Crippen molar-refractivity contribution in [3.05, 3.63) is 42.0 Å². The molecule has 0 N–H and O–H groups in total. The van der Waals surface area contributed by atoms with Gasteiger partial charge in [-0.15, -0.1) is 0 Å². The van der Waals surface area contributed by atoms with Crippen LogP contribution in [0.4, 0.5) is 0 Å². The van der Waals surface area contributed by atoms with Gasteiger partial charge in [-0.2, -0.15) is 0 Å². The molecule has 0 amide bonds.